The number of halogens is 1. The third-order valence-corrected chi connectivity index (χ3v) is 4.32. The van der Waals surface area contributed by atoms with Crippen molar-refractivity contribution in [2.24, 2.45) is 16.6 Å². The van der Waals surface area contributed by atoms with Gasteiger partial charge >= 0.3 is 0 Å². The predicted octanol–water partition coefficient (Wildman–Crippen LogP) is 3.21. The van der Waals surface area contributed by atoms with Gasteiger partial charge in [0, 0.05) is 19.6 Å². The molecule has 1 heterocycles. The van der Waals surface area contributed by atoms with Crippen LogP contribution < -0.4 is 5.73 Å². The molecule has 1 aromatic rings. The number of nitrogens with two attached hydrogens (primary N) is 1. The first-order valence-corrected chi connectivity index (χ1v) is 7.44. The van der Waals surface area contributed by atoms with Gasteiger partial charge in [-0.05, 0) is 43.1 Å². The molecule has 0 amide bonds. The summed E-state index contributed by atoms with van der Waals surface area (Å²) < 4.78 is 0. The van der Waals surface area contributed by atoms with Crippen molar-refractivity contribution in [3.05, 3.63) is 35.9 Å². The van der Waals surface area contributed by atoms with Gasteiger partial charge in [0.15, 0.2) is 5.96 Å². The summed E-state index contributed by atoms with van der Waals surface area (Å²) in [6.07, 6.45) is 5.11. The maximum Gasteiger partial charge on any atom is 0.191 e. The van der Waals surface area contributed by atoms with Crippen molar-refractivity contribution in [3.63, 3.8) is 0 Å². The van der Waals surface area contributed by atoms with Gasteiger partial charge in [-0.1, -0.05) is 30.3 Å². The molecule has 3 rings (SSSR count). The minimum atomic E-state index is 0. The van der Waals surface area contributed by atoms with Crippen molar-refractivity contribution in [1.82, 2.24) is 4.90 Å². The lowest BCUT2D eigenvalue weighted by Gasteiger charge is -2.27. The first-order valence-electron chi connectivity index (χ1n) is 7.44. The van der Waals surface area contributed by atoms with Crippen LogP contribution in [0.25, 0.3) is 0 Å². The highest BCUT2D eigenvalue weighted by molar-refractivity contribution is 14.0. The van der Waals surface area contributed by atoms with Crippen LogP contribution in [0.3, 0.4) is 0 Å². The lowest BCUT2D eigenvalue weighted by Crippen LogP contribution is -2.41. The molecule has 3 nitrogen and oxygen atoms in total. The molecule has 0 bridgehead atoms. The van der Waals surface area contributed by atoms with E-state index < -0.39 is 0 Å². The molecule has 20 heavy (non-hydrogen) atoms. The molecule has 2 fully saturated rings. The number of guanidine groups is 1. The largest absolute Gasteiger partial charge is 0.370 e. The van der Waals surface area contributed by atoms with Gasteiger partial charge in [-0.25, -0.2) is 0 Å². The van der Waals surface area contributed by atoms with Crippen molar-refractivity contribution < 1.29 is 0 Å². The summed E-state index contributed by atoms with van der Waals surface area (Å²) in [6.45, 7) is 3.06. The summed E-state index contributed by atoms with van der Waals surface area (Å²) in [4.78, 5) is 6.85. The van der Waals surface area contributed by atoms with E-state index in [1.54, 1.807) is 0 Å². The first kappa shape index (κ1) is 15.6. The fourth-order valence-corrected chi connectivity index (χ4v) is 2.99. The van der Waals surface area contributed by atoms with Crippen LogP contribution in [0.15, 0.2) is 35.3 Å². The predicted molar refractivity (Wildman–Crippen MR) is 94.6 cm³/mol. The Kier molecular flexibility index (Phi) is 5.69. The maximum absolute atomic E-state index is 6.08. The third-order valence-electron chi connectivity index (χ3n) is 4.32. The number of hydrogen-bond acceptors (Lipinski definition) is 1. The minimum absolute atomic E-state index is 0. The normalized spacial score (nSPS) is 26.0. The van der Waals surface area contributed by atoms with Crippen molar-refractivity contribution >= 4 is 29.9 Å². The molecule has 0 spiro atoms. The zero-order chi connectivity index (χ0) is 13.1. The molecular weight excluding hydrogens is 361 g/mol. The molecular formula is C16H24IN3. The Morgan fingerprint density at radius 2 is 1.85 bits per heavy atom. The summed E-state index contributed by atoms with van der Waals surface area (Å²) in [6, 6.07) is 10.8. The quantitative estimate of drug-likeness (QED) is 0.493. The van der Waals surface area contributed by atoms with Gasteiger partial charge in [0.25, 0.3) is 0 Å². The summed E-state index contributed by atoms with van der Waals surface area (Å²) >= 11 is 0. The second-order valence-corrected chi connectivity index (χ2v) is 5.76. The smallest absolute Gasteiger partial charge is 0.191 e. The average molecular weight is 385 g/mol. The highest BCUT2D eigenvalue weighted by Crippen LogP contribution is 2.47. The van der Waals surface area contributed by atoms with Crippen molar-refractivity contribution in [2.75, 3.05) is 19.6 Å². The molecule has 4 heteroatoms. The van der Waals surface area contributed by atoms with E-state index in [0.717, 1.165) is 25.6 Å². The van der Waals surface area contributed by atoms with E-state index in [4.69, 9.17) is 5.73 Å². The molecule has 2 unspecified atom stereocenters. The van der Waals surface area contributed by atoms with E-state index in [1.165, 1.54) is 31.2 Å². The van der Waals surface area contributed by atoms with Crippen LogP contribution in [0.4, 0.5) is 0 Å². The molecule has 1 saturated heterocycles. The highest BCUT2D eigenvalue weighted by Gasteiger charge is 2.37. The standard InChI is InChI=1S/C16H23N3.HI/c17-16(19-9-5-2-6-10-19)18-12-14-11-15(14)13-7-3-1-4-8-13;/h1,3-4,7-8,14-15H,2,5-6,9-12H2,(H2,17,18);1H. The fourth-order valence-electron chi connectivity index (χ4n) is 2.99. The maximum atomic E-state index is 6.08. The van der Waals surface area contributed by atoms with E-state index >= 15 is 0 Å². The molecule has 110 valence electrons. The molecule has 1 aromatic carbocycles. The third kappa shape index (κ3) is 3.87. The fraction of sp³-hybridized carbons (Fsp3) is 0.562. The van der Waals surface area contributed by atoms with Crippen LogP contribution in [0, 0.1) is 5.92 Å². The van der Waals surface area contributed by atoms with Gasteiger partial charge in [0.2, 0.25) is 0 Å². The van der Waals surface area contributed by atoms with Crippen LogP contribution in [0.5, 0.6) is 0 Å². The number of piperidine rings is 1. The Morgan fingerprint density at radius 3 is 2.55 bits per heavy atom. The molecule has 2 N–H and O–H groups in total. The molecule has 2 aliphatic rings. The second kappa shape index (κ2) is 7.29. The van der Waals surface area contributed by atoms with Crippen LogP contribution in [0.1, 0.15) is 37.2 Å². The van der Waals surface area contributed by atoms with Crippen LogP contribution in [-0.4, -0.2) is 30.5 Å². The van der Waals surface area contributed by atoms with Gasteiger partial charge in [-0.15, -0.1) is 24.0 Å². The minimum Gasteiger partial charge on any atom is -0.370 e. The van der Waals surface area contributed by atoms with E-state index in [2.05, 4.69) is 40.2 Å². The van der Waals surface area contributed by atoms with E-state index in [-0.39, 0.29) is 24.0 Å². The Hall–Kier alpha value is -0.780. The van der Waals surface area contributed by atoms with Crippen LogP contribution in [0.2, 0.25) is 0 Å². The van der Waals surface area contributed by atoms with Crippen LogP contribution in [-0.2, 0) is 0 Å². The van der Waals surface area contributed by atoms with Gasteiger partial charge in [-0.3, -0.25) is 4.99 Å². The number of hydrogen-bond donors (Lipinski definition) is 1. The number of likely N-dealkylation sites (tertiary alicyclic amines) is 1. The summed E-state index contributed by atoms with van der Waals surface area (Å²) in [5.41, 5.74) is 7.54. The molecule has 1 aliphatic heterocycles. The van der Waals surface area contributed by atoms with Gasteiger partial charge in [-0.2, -0.15) is 0 Å². The van der Waals surface area contributed by atoms with Gasteiger partial charge in [0.1, 0.15) is 0 Å². The van der Waals surface area contributed by atoms with Crippen LogP contribution >= 0.6 is 24.0 Å². The Morgan fingerprint density at radius 1 is 1.15 bits per heavy atom. The van der Waals surface area contributed by atoms with Gasteiger partial charge in [0.05, 0.1) is 0 Å². The second-order valence-electron chi connectivity index (χ2n) is 5.76. The van der Waals surface area contributed by atoms with Crippen molar-refractivity contribution in [2.45, 2.75) is 31.6 Å². The highest BCUT2D eigenvalue weighted by atomic mass is 127. The van der Waals surface area contributed by atoms with E-state index in [9.17, 15) is 0 Å². The summed E-state index contributed by atoms with van der Waals surface area (Å²) in [5.74, 6) is 2.17. The Balaban J connectivity index is 0.00000147. The SMILES string of the molecule is I.NC(=NCC1CC1c1ccccc1)N1CCCCC1. The summed E-state index contributed by atoms with van der Waals surface area (Å²) in [7, 11) is 0. The number of benzene rings is 1. The molecule has 1 saturated carbocycles. The molecule has 2 atom stereocenters. The van der Waals surface area contributed by atoms with Gasteiger partial charge < -0.3 is 10.6 Å². The van der Waals surface area contributed by atoms with E-state index in [0.29, 0.717) is 11.8 Å². The molecule has 0 radical (unpaired) electrons. The summed E-state index contributed by atoms with van der Waals surface area (Å²) in [5, 5.41) is 0. The first-order chi connectivity index (χ1) is 9.34. The van der Waals surface area contributed by atoms with E-state index in [1.807, 2.05) is 0 Å². The molecule has 0 aromatic heterocycles. The zero-order valence-electron chi connectivity index (χ0n) is 11.9. The van der Waals surface area contributed by atoms with Crippen molar-refractivity contribution in [3.8, 4) is 0 Å². The lowest BCUT2D eigenvalue weighted by molar-refractivity contribution is 0.338. The Labute approximate surface area is 138 Å². The molecule has 1 aliphatic carbocycles. The van der Waals surface area contributed by atoms with Crippen molar-refractivity contribution in [1.29, 1.82) is 0 Å². The number of rotatable bonds is 3. The monoisotopic (exact) mass is 385 g/mol. The lowest BCUT2D eigenvalue weighted by atomic mass is 10.1. The topological polar surface area (TPSA) is 41.6 Å². The number of aliphatic imine (C=N–C) groups is 1. The average Bonchev–Trinajstić information content (AvgIpc) is 3.26. The zero-order valence-corrected chi connectivity index (χ0v) is 14.2. The Bertz CT molecular complexity index is 440. The number of nitrogens with zero attached hydrogens (tertiary/aromatic N) is 2.